The number of ether oxygens (including phenoxy) is 1. The lowest BCUT2D eigenvalue weighted by atomic mass is 9.96. The van der Waals surface area contributed by atoms with Crippen LogP contribution in [-0.2, 0) is 6.54 Å². The molecule has 0 radical (unpaired) electrons. The van der Waals surface area contributed by atoms with E-state index in [4.69, 9.17) is 4.74 Å². The van der Waals surface area contributed by atoms with Crippen LogP contribution in [0.15, 0.2) is 48.7 Å². The van der Waals surface area contributed by atoms with Gasteiger partial charge < -0.3 is 20.3 Å². The molecule has 0 saturated carbocycles. The minimum atomic E-state index is -1.28. The monoisotopic (exact) mass is 538 g/mol. The van der Waals surface area contributed by atoms with Crippen molar-refractivity contribution in [3.8, 4) is 5.75 Å². The molecule has 2 aliphatic rings. The Labute approximate surface area is 224 Å². The highest BCUT2D eigenvalue weighted by Crippen LogP contribution is 2.38. The number of methoxy groups -OCH3 is 1. The van der Waals surface area contributed by atoms with Gasteiger partial charge in [0.2, 0.25) is 0 Å². The van der Waals surface area contributed by atoms with Crippen molar-refractivity contribution in [2.24, 2.45) is 0 Å². The van der Waals surface area contributed by atoms with Crippen LogP contribution in [0.25, 0.3) is 0 Å². The van der Waals surface area contributed by atoms with Gasteiger partial charge in [-0.2, -0.15) is 0 Å². The summed E-state index contributed by atoms with van der Waals surface area (Å²) in [5.41, 5.74) is 1.53. The molecule has 5 rings (SSSR count). The number of carbonyl (C=O) groups is 2. The normalized spacial score (nSPS) is 20.0. The number of fused-ring (bicyclic) bond motifs is 2. The van der Waals surface area contributed by atoms with Gasteiger partial charge in [0, 0.05) is 53.6 Å². The van der Waals surface area contributed by atoms with Crippen molar-refractivity contribution < 1.29 is 27.5 Å². The van der Waals surface area contributed by atoms with Crippen molar-refractivity contribution in [3.63, 3.8) is 0 Å². The lowest BCUT2D eigenvalue weighted by Crippen LogP contribution is -2.50. The number of nitrogens with zero attached hydrogens (tertiary/aromatic N) is 2. The van der Waals surface area contributed by atoms with Gasteiger partial charge in [-0.25, -0.2) is 18.2 Å². The van der Waals surface area contributed by atoms with Crippen molar-refractivity contribution in [1.82, 2.24) is 15.6 Å². The topological polar surface area (TPSA) is 83.6 Å². The highest BCUT2D eigenvalue weighted by molar-refractivity contribution is 5.96. The minimum absolute atomic E-state index is 0.0404. The van der Waals surface area contributed by atoms with E-state index < -0.39 is 23.4 Å². The fraction of sp³-hybridized carbons (Fsp3) is 0.345. The first-order valence-electron chi connectivity index (χ1n) is 12.9. The van der Waals surface area contributed by atoms with Crippen LogP contribution in [0.1, 0.15) is 57.5 Å². The molecule has 2 fully saturated rings. The molecule has 1 aromatic heterocycles. The number of piperidine rings is 1. The summed E-state index contributed by atoms with van der Waals surface area (Å²) in [6, 6.07) is 10.5. The van der Waals surface area contributed by atoms with Gasteiger partial charge in [-0.15, -0.1) is 0 Å². The molecule has 3 heterocycles. The van der Waals surface area contributed by atoms with Gasteiger partial charge in [-0.05, 0) is 62.9 Å². The number of aromatic nitrogens is 1. The number of rotatable bonds is 7. The van der Waals surface area contributed by atoms with Gasteiger partial charge in [0.05, 0.1) is 12.7 Å². The molecule has 2 unspecified atom stereocenters. The molecule has 204 valence electrons. The number of amides is 2. The molecule has 0 spiro atoms. The van der Waals surface area contributed by atoms with E-state index in [0.717, 1.165) is 43.1 Å². The highest BCUT2D eigenvalue weighted by Gasteiger charge is 2.42. The summed E-state index contributed by atoms with van der Waals surface area (Å²) in [5.74, 6) is -2.58. The van der Waals surface area contributed by atoms with Crippen molar-refractivity contribution in [2.45, 2.75) is 57.3 Å². The molecule has 2 aliphatic heterocycles. The van der Waals surface area contributed by atoms with E-state index in [2.05, 4.69) is 20.5 Å². The van der Waals surface area contributed by atoms with Gasteiger partial charge in [0.15, 0.2) is 11.6 Å². The Bertz CT molecular complexity index is 1390. The number of benzene rings is 2. The van der Waals surface area contributed by atoms with E-state index >= 15 is 0 Å². The molecule has 3 aromatic rings. The standard InChI is InChI=1S/C29H29F3N4O3/c1-16-22(4-3-5-26(16)39-2)29(38)35-19-11-20-7-8-21(12-19)36(20)27-9-6-17(14-33-27)28(37)34-15-18-10-24(31)25(32)13-23(18)30/h3-6,9-10,13-14,19-21H,7-8,11-12,15H2,1-2H3,(H,34,37)(H,35,38). The first-order valence-corrected chi connectivity index (χ1v) is 12.9. The van der Waals surface area contributed by atoms with Crippen molar-refractivity contribution in [1.29, 1.82) is 0 Å². The summed E-state index contributed by atoms with van der Waals surface area (Å²) in [4.78, 5) is 32.3. The third-order valence-corrected chi connectivity index (χ3v) is 7.62. The molecular weight excluding hydrogens is 509 g/mol. The molecule has 2 N–H and O–H groups in total. The highest BCUT2D eigenvalue weighted by atomic mass is 19.2. The summed E-state index contributed by atoms with van der Waals surface area (Å²) in [5, 5.41) is 5.71. The van der Waals surface area contributed by atoms with Gasteiger partial charge in [0.25, 0.3) is 11.8 Å². The van der Waals surface area contributed by atoms with E-state index in [1.54, 1.807) is 25.3 Å². The molecule has 2 atom stereocenters. The number of pyridine rings is 1. The second kappa shape index (κ2) is 11.0. The summed E-state index contributed by atoms with van der Waals surface area (Å²) < 4.78 is 45.7. The van der Waals surface area contributed by atoms with Crippen LogP contribution in [0.4, 0.5) is 19.0 Å². The maximum atomic E-state index is 13.8. The average molecular weight is 539 g/mol. The maximum Gasteiger partial charge on any atom is 0.253 e. The number of halogens is 3. The summed E-state index contributed by atoms with van der Waals surface area (Å²) >= 11 is 0. The van der Waals surface area contributed by atoms with Crippen molar-refractivity contribution in [3.05, 3.63) is 88.4 Å². The zero-order chi connectivity index (χ0) is 27.7. The summed E-state index contributed by atoms with van der Waals surface area (Å²) in [6.45, 7) is 1.58. The van der Waals surface area contributed by atoms with E-state index in [-0.39, 0.29) is 41.7 Å². The van der Waals surface area contributed by atoms with E-state index in [1.165, 1.54) is 6.20 Å². The van der Waals surface area contributed by atoms with Crippen LogP contribution in [0.5, 0.6) is 5.75 Å². The van der Waals surface area contributed by atoms with Crippen molar-refractivity contribution >= 4 is 17.6 Å². The first-order chi connectivity index (χ1) is 18.7. The molecule has 2 amide bonds. The third kappa shape index (κ3) is 5.41. The molecule has 0 aliphatic carbocycles. The first kappa shape index (κ1) is 26.5. The van der Waals surface area contributed by atoms with E-state index in [0.29, 0.717) is 17.4 Å². The number of anilines is 1. The Balaban J connectivity index is 1.20. The Morgan fingerprint density at radius 2 is 1.72 bits per heavy atom. The molecule has 7 nitrogen and oxygen atoms in total. The Morgan fingerprint density at radius 1 is 1.00 bits per heavy atom. The predicted molar refractivity (Wildman–Crippen MR) is 139 cm³/mol. The maximum absolute atomic E-state index is 13.8. The number of hydrogen-bond donors (Lipinski definition) is 2. The van der Waals surface area contributed by atoms with Gasteiger partial charge in [-0.1, -0.05) is 6.07 Å². The smallest absolute Gasteiger partial charge is 0.253 e. The van der Waals surface area contributed by atoms with Crippen molar-refractivity contribution in [2.75, 3.05) is 12.0 Å². The van der Waals surface area contributed by atoms with E-state index in [1.807, 2.05) is 19.1 Å². The number of nitrogens with one attached hydrogen (secondary N) is 2. The van der Waals surface area contributed by atoms with Crippen LogP contribution >= 0.6 is 0 Å². The average Bonchev–Trinajstić information content (AvgIpc) is 3.19. The molecule has 10 heteroatoms. The van der Waals surface area contributed by atoms with Crippen LogP contribution < -0.4 is 20.3 Å². The zero-order valence-corrected chi connectivity index (χ0v) is 21.6. The minimum Gasteiger partial charge on any atom is -0.496 e. The van der Waals surface area contributed by atoms with Crippen LogP contribution in [-0.4, -0.2) is 42.0 Å². The lowest BCUT2D eigenvalue weighted by molar-refractivity contribution is 0.0923. The molecule has 2 bridgehead atoms. The molecule has 2 aromatic carbocycles. The fourth-order valence-electron chi connectivity index (χ4n) is 5.66. The largest absolute Gasteiger partial charge is 0.496 e. The SMILES string of the molecule is COc1cccc(C(=O)NC2CC3CCC(C2)N3c2ccc(C(=O)NCc3cc(F)c(F)cc3F)cn2)c1C. The Hall–Kier alpha value is -4.08. The quantitative estimate of drug-likeness (QED) is 0.427. The zero-order valence-electron chi connectivity index (χ0n) is 21.6. The lowest BCUT2D eigenvalue weighted by Gasteiger charge is -2.40. The number of carbonyl (C=O) groups excluding carboxylic acids is 2. The second-order valence-electron chi connectivity index (χ2n) is 10.0. The predicted octanol–water partition coefficient (Wildman–Crippen LogP) is 4.68. The molecule has 39 heavy (non-hydrogen) atoms. The summed E-state index contributed by atoms with van der Waals surface area (Å²) in [6.07, 6.45) is 4.99. The molecular formula is C29H29F3N4O3. The Kier molecular flexibility index (Phi) is 7.45. The Morgan fingerprint density at radius 3 is 2.38 bits per heavy atom. The second-order valence-corrected chi connectivity index (χ2v) is 10.0. The van der Waals surface area contributed by atoms with Crippen LogP contribution in [0, 0.1) is 24.4 Å². The van der Waals surface area contributed by atoms with Crippen LogP contribution in [0.3, 0.4) is 0 Å². The third-order valence-electron chi connectivity index (χ3n) is 7.62. The van der Waals surface area contributed by atoms with Gasteiger partial charge in [0.1, 0.15) is 17.4 Å². The molecule has 2 saturated heterocycles. The fourth-order valence-corrected chi connectivity index (χ4v) is 5.66. The van der Waals surface area contributed by atoms with Gasteiger partial charge >= 0.3 is 0 Å². The van der Waals surface area contributed by atoms with Gasteiger partial charge in [-0.3, -0.25) is 9.59 Å². The van der Waals surface area contributed by atoms with Crippen LogP contribution in [0.2, 0.25) is 0 Å². The summed E-state index contributed by atoms with van der Waals surface area (Å²) in [7, 11) is 1.59. The number of hydrogen-bond acceptors (Lipinski definition) is 5. The van der Waals surface area contributed by atoms with E-state index in [9.17, 15) is 22.8 Å².